The molecule has 0 unspecified atom stereocenters. The fourth-order valence-electron chi connectivity index (χ4n) is 0.147. The van der Waals surface area contributed by atoms with Crippen LogP contribution >= 0.6 is 0 Å². The summed E-state index contributed by atoms with van der Waals surface area (Å²) >= 11 is 0. The Hall–Kier alpha value is -1.10. The van der Waals surface area contributed by atoms with Gasteiger partial charge in [0.25, 0.3) is 0 Å². The van der Waals surface area contributed by atoms with Crippen LogP contribution in [0.2, 0.25) is 0 Å². The summed E-state index contributed by atoms with van der Waals surface area (Å²) in [7, 11) is 0. The van der Waals surface area contributed by atoms with Gasteiger partial charge in [0.15, 0.2) is 0 Å². The van der Waals surface area contributed by atoms with Crippen LogP contribution in [0.15, 0.2) is 0 Å². The zero-order valence-electron chi connectivity index (χ0n) is 3.92. The summed E-state index contributed by atoms with van der Waals surface area (Å²) in [5, 5.41) is 17.3. The minimum absolute atomic E-state index is 0.648. The van der Waals surface area contributed by atoms with E-state index in [2.05, 4.69) is 0 Å². The van der Waals surface area contributed by atoms with Gasteiger partial charge in [-0.25, -0.2) is 4.79 Å². The summed E-state index contributed by atoms with van der Waals surface area (Å²) in [6.07, 6.45) is 0. The monoisotopic (exact) mass is 119 g/mol. The van der Waals surface area contributed by atoms with Crippen LogP contribution in [0.3, 0.4) is 0 Å². The van der Waals surface area contributed by atoms with Gasteiger partial charge >= 0.3 is 11.9 Å². The molecule has 0 aliphatic rings. The minimum atomic E-state index is -1.60. The molecule has 0 radical (unpaired) electrons. The highest BCUT2D eigenvalue weighted by Gasteiger charge is 2.07. The second-order valence-electron chi connectivity index (χ2n) is 0.969. The Labute approximate surface area is 44.9 Å². The number of aliphatic carboxylic acids is 1. The van der Waals surface area contributed by atoms with Crippen LogP contribution < -0.4 is 5.32 Å². The Morgan fingerprint density at radius 3 is 2.12 bits per heavy atom. The zero-order chi connectivity index (χ0) is 6.57. The summed E-state index contributed by atoms with van der Waals surface area (Å²) in [6.45, 7) is -0.648. The van der Waals surface area contributed by atoms with Gasteiger partial charge in [-0.1, -0.05) is 0 Å². The van der Waals surface area contributed by atoms with Crippen LogP contribution in [-0.2, 0) is 9.59 Å². The molecular formula is C3H5NO4. The van der Waals surface area contributed by atoms with Crippen molar-refractivity contribution in [2.24, 2.45) is 0 Å². The lowest BCUT2D eigenvalue weighted by atomic mass is 10.6. The highest BCUT2D eigenvalue weighted by Crippen LogP contribution is 1.60. The molecule has 46 valence electrons. The molecule has 0 saturated carbocycles. The van der Waals surface area contributed by atoms with Gasteiger partial charge in [-0.3, -0.25) is 4.79 Å². The molecule has 0 bridgehead atoms. The van der Waals surface area contributed by atoms with Crippen molar-refractivity contribution >= 4 is 11.9 Å². The lowest BCUT2D eigenvalue weighted by Crippen LogP contribution is -2.31. The van der Waals surface area contributed by atoms with Gasteiger partial charge < -0.3 is 15.5 Å². The van der Waals surface area contributed by atoms with Gasteiger partial charge in [-0.2, -0.15) is 0 Å². The number of rotatable bonds is 1. The SMILES string of the molecule is O=C(O)C(=O)NCO. The predicted molar refractivity (Wildman–Crippen MR) is 22.9 cm³/mol. The molecule has 0 heterocycles. The minimum Gasteiger partial charge on any atom is -0.474 e. The number of carbonyl (C=O) groups is 2. The van der Waals surface area contributed by atoms with E-state index in [0.29, 0.717) is 0 Å². The van der Waals surface area contributed by atoms with E-state index in [-0.39, 0.29) is 0 Å². The first kappa shape index (κ1) is 6.90. The summed E-state index contributed by atoms with van der Waals surface area (Å²) in [6, 6.07) is 0. The molecule has 0 fully saturated rings. The number of carboxylic acids is 1. The average Bonchev–Trinajstić information content (AvgIpc) is 1.67. The molecule has 5 heteroatoms. The topological polar surface area (TPSA) is 86.6 Å². The molecule has 3 N–H and O–H groups in total. The fraction of sp³-hybridized carbons (Fsp3) is 0.333. The van der Waals surface area contributed by atoms with E-state index in [1.165, 1.54) is 0 Å². The Bertz CT molecular complexity index is 110. The highest BCUT2D eigenvalue weighted by molar-refractivity contribution is 6.31. The first-order valence-electron chi connectivity index (χ1n) is 1.80. The number of carbonyl (C=O) groups excluding carboxylic acids is 1. The molecule has 0 aliphatic heterocycles. The van der Waals surface area contributed by atoms with Gasteiger partial charge in [0.1, 0.15) is 6.73 Å². The number of aliphatic hydroxyl groups is 1. The smallest absolute Gasteiger partial charge is 0.394 e. The Morgan fingerprint density at radius 1 is 1.50 bits per heavy atom. The van der Waals surface area contributed by atoms with Crippen LogP contribution in [0, 0.1) is 0 Å². The number of amides is 1. The summed E-state index contributed by atoms with van der Waals surface area (Å²) in [4.78, 5) is 19.4. The Morgan fingerprint density at radius 2 is 2.00 bits per heavy atom. The summed E-state index contributed by atoms with van der Waals surface area (Å²) in [5.41, 5.74) is 0. The largest absolute Gasteiger partial charge is 0.474 e. The fourth-order valence-corrected chi connectivity index (χ4v) is 0.147. The molecule has 0 aromatic carbocycles. The maximum atomic E-state index is 9.87. The van der Waals surface area contributed by atoms with Gasteiger partial charge in [0.2, 0.25) is 0 Å². The van der Waals surface area contributed by atoms with E-state index in [9.17, 15) is 9.59 Å². The molecule has 0 saturated heterocycles. The van der Waals surface area contributed by atoms with Gasteiger partial charge in [-0.05, 0) is 0 Å². The summed E-state index contributed by atoms with van der Waals surface area (Å²) in [5.74, 6) is -2.80. The normalized spacial score (nSPS) is 8.12. The highest BCUT2D eigenvalue weighted by atomic mass is 16.4. The zero-order valence-corrected chi connectivity index (χ0v) is 3.92. The van der Waals surface area contributed by atoms with E-state index in [4.69, 9.17) is 10.2 Å². The number of nitrogens with one attached hydrogen (secondary N) is 1. The van der Waals surface area contributed by atoms with E-state index in [0.717, 1.165) is 0 Å². The summed E-state index contributed by atoms with van der Waals surface area (Å²) < 4.78 is 0. The second-order valence-corrected chi connectivity index (χ2v) is 0.969. The van der Waals surface area contributed by atoms with E-state index in [1.807, 2.05) is 0 Å². The molecule has 0 aromatic heterocycles. The molecule has 0 spiro atoms. The van der Waals surface area contributed by atoms with Crippen LogP contribution in [0.5, 0.6) is 0 Å². The van der Waals surface area contributed by atoms with Crippen molar-refractivity contribution in [3.8, 4) is 0 Å². The van der Waals surface area contributed by atoms with Crippen molar-refractivity contribution in [3.63, 3.8) is 0 Å². The van der Waals surface area contributed by atoms with Gasteiger partial charge in [0.05, 0.1) is 0 Å². The molecule has 0 aromatic rings. The standard InChI is InChI=1S/C3H5NO4/c5-1-4-2(6)3(7)8/h5H,1H2,(H,4,6)(H,7,8). The van der Waals surface area contributed by atoms with Crippen molar-refractivity contribution < 1.29 is 19.8 Å². The number of aliphatic hydroxyl groups excluding tert-OH is 1. The quantitative estimate of drug-likeness (QED) is 0.279. The molecular weight excluding hydrogens is 114 g/mol. The third-order valence-electron chi connectivity index (χ3n) is 0.434. The van der Waals surface area contributed by atoms with E-state index in [1.54, 1.807) is 5.32 Å². The Balaban J connectivity index is 3.49. The lowest BCUT2D eigenvalue weighted by Gasteiger charge is -1.91. The van der Waals surface area contributed by atoms with Crippen LogP contribution in [0.1, 0.15) is 0 Å². The lowest BCUT2D eigenvalue weighted by molar-refractivity contribution is -0.150. The van der Waals surface area contributed by atoms with Crippen molar-refractivity contribution in [1.82, 2.24) is 5.32 Å². The third kappa shape index (κ3) is 2.14. The first-order valence-corrected chi connectivity index (χ1v) is 1.80. The van der Waals surface area contributed by atoms with Gasteiger partial charge in [0, 0.05) is 0 Å². The maximum Gasteiger partial charge on any atom is 0.394 e. The average molecular weight is 119 g/mol. The second kappa shape index (κ2) is 2.98. The molecule has 0 atom stereocenters. The predicted octanol–water partition coefficient (Wildman–Crippen LogP) is -1.86. The Kier molecular flexibility index (Phi) is 2.57. The maximum absolute atomic E-state index is 9.87. The molecule has 1 amide bonds. The van der Waals surface area contributed by atoms with Crippen molar-refractivity contribution in [2.75, 3.05) is 6.73 Å². The van der Waals surface area contributed by atoms with E-state index < -0.39 is 18.6 Å². The third-order valence-corrected chi connectivity index (χ3v) is 0.434. The number of hydrogen-bond acceptors (Lipinski definition) is 3. The van der Waals surface area contributed by atoms with Crippen LogP contribution in [0.25, 0.3) is 0 Å². The van der Waals surface area contributed by atoms with Gasteiger partial charge in [-0.15, -0.1) is 0 Å². The number of hydrogen-bond donors (Lipinski definition) is 3. The number of carboxylic acid groups (broad SMARTS) is 1. The van der Waals surface area contributed by atoms with Crippen molar-refractivity contribution in [1.29, 1.82) is 0 Å². The van der Waals surface area contributed by atoms with Crippen molar-refractivity contribution in [2.45, 2.75) is 0 Å². The molecule has 0 aliphatic carbocycles. The van der Waals surface area contributed by atoms with Crippen LogP contribution in [0.4, 0.5) is 0 Å². The van der Waals surface area contributed by atoms with Crippen LogP contribution in [-0.4, -0.2) is 28.8 Å². The van der Waals surface area contributed by atoms with E-state index >= 15 is 0 Å². The molecule has 8 heavy (non-hydrogen) atoms. The molecule has 5 nitrogen and oxygen atoms in total. The van der Waals surface area contributed by atoms with Crippen molar-refractivity contribution in [3.05, 3.63) is 0 Å². The first-order chi connectivity index (χ1) is 3.68. The molecule has 0 rings (SSSR count).